The smallest absolute Gasteiger partial charge is 0.270 e. The number of aliphatic imine (C=N–C) groups is 1. The van der Waals surface area contributed by atoms with E-state index in [2.05, 4.69) is 4.99 Å². The predicted molar refractivity (Wildman–Crippen MR) is 115 cm³/mol. The number of hydrogen-bond acceptors (Lipinski definition) is 5. The van der Waals surface area contributed by atoms with Crippen LogP contribution in [0.1, 0.15) is 6.04 Å². The van der Waals surface area contributed by atoms with Crippen LogP contribution in [0.4, 0.5) is 15.1 Å². The zero-order valence-corrected chi connectivity index (χ0v) is 18.3. The number of rotatable bonds is 3. The van der Waals surface area contributed by atoms with E-state index < -0.39 is 33.8 Å². The molecule has 2 aliphatic rings. The summed E-state index contributed by atoms with van der Waals surface area (Å²) in [6.45, 7) is 0. The normalized spacial score (nSPS) is 17.8. The lowest BCUT2D eigenvalue weighted by molar-refractivity contribution is -0.676. The van der Waals surface area contributed by atoms with Crippen molar-refractivity contribution in [2.24, 2.45) is 10.1 Å². The van der Waals surface area contributed by atoms with E-state index in [9.17, 15) is 22.4 Å². The van der Waals surface area contributed by atoms with Gasteiger partial charge in [-0.3, -0.25) is 14.6 Å². The van der Waals surface area contributed by atoms with Gasteiger partial charge in [-0.25, -0.2) is 27.3 Å². The number of imidazole rings is 1. The molecule has 1 saturated heterocycles. The van der Waals surface area contributed by atoms with Crippen molar-refractivity contribution in [3.05, 3.63) is 60.5 Å². The van der Waals surface area contributed by atoms with Crippen LogP contribution in [0.5, 0.6) is 0 Å². The Morgan fingerprint density at radius 2 is 1.64 bits per heavy atom. The number of sulfonamides is 1. The minimum Gasteiger partial charge on any atom is -0.270 e. The number of primary sulfonamides is 1. The van der Waals surface area contributed by atoms with Crippen LogP contribution >= 0.6 is 0 Å². The average molecular weight is 469 g/mol. The number of imide groups is 1. The summed E-state index contributed by atoms with van der Waals surface area (Å²) in [6, 6.07) is 10.3. The summed E-state index contributed by atoms with van der Waals surface area (Å²) < 4.78 is 40.2. The number of halogens is 1. The molecule has 1 atom stereocenters. The third-order valence-corrected chi connectivity index (χ3v) is 6.65. The van der Waals surface area contributed by atoms with Crippen LogP contribution in [-0.4, -0.2) is 54.7 Å². The molecule has 0 spiro atoms. The molecule has 1 aromatic heterocycles. The molecule has 2 aromatic carbocycles. The van der Waals surface area contributed by atoms with E-state index >= 15 is 0 Å². The molecule has 33 heavy (non-hydrogen) atoms. The Morgan fingerprint density at radius 1 is 1.00 bits per heavy atom. The first-order valence-electron chi connectivity index (χ1n) is 9.78. The number of fused-ring (bicyclic) bond motifs is 3. The number of hydrogen-bond donors (Lipinski definition) is 1. The second-order valence-electron chi connectivity index (χ2n) is 7.71. The summed E-state index contributed by atoms with van der Waals surface area (Å²) in [5.74, 6) is -0.216. The number of nitrogens with zero attached hydrogens (tertiary/aromatic N) is 5. The number of carbonyl (C=O) groups is 2. The van der Waals surface area contributed by atoms with Gasteiger partial charge in [0.2, 0.25) is 21.9 Å². The van der Waals surface area contributed by atoms with Gasteiger partial charge in [-0.15, -0.1) is 0 Å². The summed E-state index contributed by atoms with van der Waals surface area (Å²) in [4.78, 5) is 32.2. The monoisotopic (exact) mass is 469 g/mol. The summed E-state index contributed by atoms with van der Waals surface area (Å²) >= 11 is 0. The van der Waals surface area contributed by atoms with E-state index in [1.165, 1.54) is 43.3 Å². The number of benzene rings is 2. The van der Waals surface area contributed by atoms with Gasteiger partial charge in [0.1, 0.15) is 23.4 Å². The summed E-state index contributed by atoms with van der Waals surface area (Å²) in [7, 11) is -0.949. The molecule has 10 nitrogen and oxygen atoms in total. The van der Waals surface area contributed by atoms with Crippen molar-refractivity contribution in [1.82, 2.24) is 14.4 Å². The number of carbonyl (C=O) groups excluding carboxylic acids is 2. The molecule has 0 aliphatic carbocycles. The van der Waals surface area contributed by atoms with Crippen molar-refractivity contribution in [1.29, 1.82) is 0 Å². The van der Waals surface area contributed by atoms with Gasteiger partial charge in [0, 0.05) is 19.7 Å². The molecule has 1 fully saturated rings. The maximum Gasteiger partial charge on any atom is 0.407 e. The largest absolute Gasteiger partial charge is 0.407 e. The molecule has 3 heterocycles. The average Bonchev–Trinajstić information content (AvgIpc) is 3.32. The Morgan fingerprint density at radius 3 is 2.24 bits per heavy atom. The molecule has 2 aliphatic heterocycles. The molecular weight excluding hydrogens is 451 g/mol. The SMILES string of the molecule is CN1C(=O)C2C(=Nc3n(-c4ccc(S(N)(=O)=O)cc4)c(-c4ccc(F)cc4)c[n+]32)N(C)C1=O. The molecule has 5 rings (SSSR count). The first kappa shape index (κ1) is 21.0. The Hall–Kier alpha value is -3.90. The highest BCUT2D eigenvalue weighted by atomic mass is 32.2. The summed E-state index contributed by atoms with van der Waals surface area (Å²) in [5.41, 5.74) is 1.77. The summed E-state index contributed by atoms with van der Waals surface area (Å²) in [5, 5.41) is 5.21. The first-order valence-corrected chi connectivity index (χ1v) is 11.3. The number of amides is 3. The Bertz CT molecular complexity index is 1460. The predicted octanol–water partition coefficient (Wildman–Crippen LogP) is 1.33. The molecule has 3 aromatic rings. The van der Waals surface area contributed by atoms with Gasteiger partial charge in [0.05, 0.1) is 4.90 Å². The Balaban J connectivity index is 1.75. The molecule has 12 heteroatoms. The highest BCUT2D eigenvalue weighted by molar-refractivity contribution is 7.89. The maximum atomic E-state index is 13.5. The van der Waals surface area contributed by atoms with E-state index in [1.54, 1.807) is 39.6 Å². The summed E-state index contributed by atoms with van der Waals surface area (Å²) in [6.07, 6.45) is 1.70. The van der Waals surface area contributed by atoms with Crippen LogP contribution < -0.4 is 9.71 Å². The van der Waals surface area contributed by atoms with Gasteiger partial charge in [-0.1, -0.05) is 4.99 Å². The van der Waals surface area contributed by atoms with Gasteiger partial charge in [-0.05, 0) is 48.5 Å². The van der Waals surface area contributed by atoms with Crippen LogP contribution in [0.2, 0.25) is 0 Å². The minimum atomic E-state index is -3.89. The standard InChI is InChI=1S/C21H18FN6O4S/c1-25-18-17(19(29)26(2)21(25)30)27-11-16(12-3-5-13(22)6-4-12)28(20(27)24-18)14-7-9-15(10-8-14)33(23,31)32/h3-11,17H,1-2H3,(H2,23,31,32)/q+1. The van der Waals surface area contributed by atoms with Crippen LogP contribution in [-0.2, 0) is 14.8 Å². The van der Waals surface area contributed by atoms with Crippen LogP contribution in [0.25, 0.3) is 16.9 Å². The fourth-order valence-corrected chi connectivity index (χ4v) is 4.52. The number of nitrogens with two attached hydrogens (primary N) is 1. The van der Waals surface area contributed by atoms with Crippen LogP contribution in [0.15, 0.2) is 64.6 Å². The third kappa shape index (κ3) is 3.14. The van der Waals surface area contributed by atoms with Crippen molar-refractivity contribution in [2.45, 2.75) is 10.9 Å². The second-order valence-corrected chi connectivity index (χ2v) is 9.28. The van der Waals surface area contributed by atoms with E-state index in [0.29, 0.717) is 22.9 Å². The van der Waals surface area contributed by atoms with Gasteiger partial charge < -0.3 is 0 Å². The lowest BCUT2D eigenvalue weighted by atomic mass is 10.1. The second kappa shape index (κ2) is 7.05. The van der Waals surface area contributed by atoms with Gasteiger partial charge in [0.15, 0.2) is 0 Å². The number of aromatic nitrogens is 2. The van der Waals surface area contributed by atoms with Crippen molar-refractivity contribution in [3.63, 3.8) is 0 Å². The molecule has 0 radical (unpaired) electrons. The molecule has 3 amide bonds. The number of urea groups is 1. The fraction of sp³-hybridized carbons (Fsp3) is 0.143. The van der Waals surface area contributed by atoms with Crippen molar-refractivity contribution in [2.75, 3.05) is 14.1 Å². The molecule has 0 saturated carbocycles. The van der Waals surface area contributed by atoms with E-state index in [-0.39, 0.29) is 10.7 Å². The maximum absolute atomic E-state index is 13.5. The van der Waals surface area contributed by atoms with Crippen LogP contribution in [0.3, 0.4) is 0 Å². The Labute approximate surface area is 188 Å². The molecular formula is C21H18FN6O4S+. The lowest BCUT2D eigenvalue weighted by Gasteiger charge is -2.30. The fourth-order valence-electron chi connectivity index (χ4n) is 4.01. The highest BCUT2D eigenvalue weighted by Crippen LogP contribution is 2.35. The molecule has 168 valence electrons. The number of amidine groups is 1. The van der Waals surface area contributed by atoms with Gasteiger partial charge >= 0.3 is 12.0 Å². The lowest BCUT2D eigenvalue weighted by Crippen LogP contribution is -2.61. The topological polar surface area (TPSA) is 122 Å². The van der Waals surface area contributed by atoms with E-state index in [0.717, 1.165) is 4.90 Å². The highest BCUT2D eigenvalue weighted by Gasteiger charge is 2.52. The van der Waals surface area contributed by atoms with Crippen molar-refractivity contribution < 1.29 is 27.0 Å². The molecule has 1 unspecified atom stereocenters. The van der Waals surface area contributed by atoms with Crippen LogP contribution in [0, 0.1) is 5.82 Å². The third-order valence-electron chi connectivity index (χ3n) is 5.72. The zero-order chi connectivity index (χ0) is 23.7. The minimum absolute atomic E-state index is 0.0619. The van der Waals surface area contributed by atoms with Crippen molar-refractivity contribution >= 4 is 33.7 Å². The zero-order valence-electron chi connectivity index (χ0n) is 17.5. The first-order chi connectivity index (χ1) is 15.6. The van der Waals surface area contributed by atoms with Gasteiger partial charge in [0.25, 0.3) is 5.91 Å². The Kier molecular flexibility index (Phi) is 4.48. The van der Waals surface area contributed by atoms with E-state index in [1.807, 2.05) is 0 Å². The van der Waals surface area contributed by atoms with Gasteiger partial charge in [-0.2, -0.15) is 4.57 Å². The molecule has 2 N–H and O–H groups in total. The van der Waals surface area contributed by atoms with E-state index in [4.69, 9.17) is 5.14 Å². The van der Waals surface area contributed by atoms with Crippen molar-refractivity contribution in [3.8, 4) is 16.9 Å². The molecule has 0 bridgehead atoms. The quantitative estimate of drug-likeness (QED) is 0.582. The number of likely N-dealkylation sites (N-methyl/N-ethyl adjacent to an activating group) is 2.